The van der Waals surface area contributed by atoms with Gasteiger partial charge in [-0.3, -0.25) is 10.1 Å². The number of nitrogens with one attached hydrogen (secondary N) is 1. The Hall–Kier alpha value is -2.08. The average Bonchev–Trinajstić information content (AvgIpc) is 3.05. The summed E-state index contributed by atoms with van der Waals surface area (Å²) in [5.41, 5.74) is 1.51. The van der Waals surface area contributed by atoms with Crippen LogP contribution in [0.5, 0.6) is 5.75 Å². The molecule has 0 bridgehead atoms. The second-order valence-electron chi connectivity index (χ2n) is 6.17. The monoisotopic (exact) mass is 420 g/mol. The summed E-state index contributed by atoms with van der Waals surface area (Å²) in [6.45, 7) is 3.84. The van der Waals surface area contributed by atoms with Gasteiger partial charge in [0, 0.05) is 17.5 Å². The lowest BCUT2D eigenvalue weighted by Gasteiger charge is -2.13. The summed E-state index contributed by atoms with van der Waals surface area (Å²) in [7, 11) is 0. The Bertz CT molecular complexity index is 957. The molecule has 1 aromatic heterocycles. The molecule has 7 heteroatoms. The molecule has 0 aliphatic heterocycles. The number of aromatic nitrogens is 1. The van der Waals surface area contributed by atoms with E-state index in [0.717, 1.165) is 10.4 Å². The number of halogens is 2. The number of hydrogen-bond acceptors (Lipinski definition) is 4. The van der Waals surface area contributed by atoms with Crippen molar-refractivity contribution in [3.63, 3.8) is 0 Å². The maximum atomic E-state index is 12.6. The SMILES string of the molecule is CC(C)Oc1ccccc1C(=O)Nc1ncc(Cc2ccc(Cl)c(Cl)c2)s1. The molecule has 1 N–H and O–H groups in total. The molecule has 0 fully saturated rings. The van der Waals surface area contributed by atoms with E-state index >= 15 is 0 Å². The quantitative estimate of drug-likeness (QED) is 0.525. The molecule has 27 heavy (non-hydrogen) atoms. The summed E-state index contributed by atoms with van der Waals surface area (Å²) in [5.74, 6) is 0.305. The van der Waals surface area contributed by atoms with Crippen molar-refractivity contribution in [2.24, 2.45) is 0 Å². The molecule has 0 aliphatic carbocycles. The van der Waals surface area contributed by atoms with Crippen LogP contribution in [0.1, 0.15) is 34.6 Å². The van der Waals surface area contributed by atoms with E-state index in [9.17, 15) is 4.79 Å². The minimum absolute atomic E-state index is 0.0170. The molecule has 0 aliphatic rings. The van der Waals surface area contributed by atoms with Crippen molar-refractivity contribution in [1.29, 1.82) is 0 Å². The van der Waals surface area contributed by atoms with Crippen LogP contribution >= 0.6 is 34.5 Å². The number of hydrogen-bond donors (Lipinski definition) is 1. The molecule has 1 heterocycles. The average molecular weight is 421 g/mol. The van der Waals surface area contributed by atoms with Crippen molar-refractivity contribution in [1.82, 2.24) is 4.98 Å². The lowest BCUT2D eigenvalue weighted by Crippen LogP contribution is -2.15. The Labute approximate surface area is 172 Å². The van der Waals surface area contributed by atoms with Gasteiger partial charge in [-0.1, -0.05) is 41.4 Å². The first-order chi connectivity index (χ1) is 12.9. The van der Waals surface area contributed by atoms with E-state index in [-0.39, 0.29) is 12.0 Å². The predicted octanol–water partition coefficient (Wildman–Crippen LogP) is 6.08. The van der Waals surface area contributed by atoms with Gasteiger partial charge in [-0.05, 0) is 43.7 Å². The molecule has 0 spiro atoms. The molecule has 2 aromatic carbocycles. The molecule has 140 valence electrons. The van der Waals surface area contributed by atoms with Crippen molar-refractivity contribution >= 4 is 45.6 Å². The minimum Gasteiger partial charge on any atom is -0.490 e. The Morgan fingerprint density at radius 3 is 2.70 bits per heavy atom. The van der Waals surface area contributed by atoms with E-state index in [2.05, 4.69) is 10.3 Å². The van der Waals surface area contributed by atoms with Crippen LogP contribution in [0.3, 0.4) is 0 Å². The number of carbonyl (C=O) groups excluding carboxylic acids is 1. The number of benzene rings is 2. The Kier molecular flexibility index (Phi) is 6.37. The van der Waals surface area contributed by atoms with Gasteiger partial charge in [-0.15, -0.1) is 11.3 Å². The second-order valence-corrected chi connectivity index (χ2v) is 8.10. The summed E-state index contributed by atoms with van der Waals surface area (Å²) in [4.78, 5) is 17.9. The van der Waals surface area contributed by atoms with Crippen molar-refractivity contribution in [3.05, 3.63) is 74.7 Å². The van der Waals surface area contributed by atoms with Gasteiger partial charge in [0.25, 0.3) is 5.91 Å². The van der Waals surface area contributed by atoms with Crippen molar-refractivity contribution in [2.75, 3.05) is 5.32 Å². The van der Waals surface area contributed by atoms with E-state index < -0.39 is 0 Å². The van der Waals surface area contributed by atoms with E-state index in [1.165, 1.54) is 11.3 Å². The summed E-state index contributed by atoms with van der Waals surface area (Å²) in [5, 5.41) is 4.43. The molecule has 1 amide bonds. The van der Waals surface area contributed by atoms with Crippen LogP contribution < -0.4 is 10.1 Å². The summed E-state index contributed by atoms with van der Waals surface area (Å²) in [6.07, 6.45) is 2.40. The van der Waals surface area contributed by atoms with Crippen molar-refractivity contribution in [2.45, 2.75) is 26.4 Å². The summed E-state index contributed by atoms with van der Waals surface area (Å²) >= 11 is 13.4. The van der Waals surface area contributed by atoms with Gasteiger partial charge in [0.1, 0.15) is 5.75 Å². The van der Waals surface area contributed by atoms with Gasteiger partial charge in [0.05, 0.1) is 21.7 Å². The van der Waals surface area contributed by atoms with Crippen molar-refractivity contribution < 1.29 is 9.53 Å². The fourth-order valence-corrected chi connectivity index (χ4v) is 3.64. The highest BCUT2D eigenvalue weighted by Gasteiger charge is 2.15. The lowest BCUT2D eigenvalue weighted by atomic mass is 10.1. The molecule has 0 radical (unpaired) electrons. The van der Waals surface area contributed by atoms with Crippen LogP contribution in [0.4, 0.5) is 5.13 Å². The predicted molar refractivity (Wildman–Crippen MR) is 112 cm³/mol. The zero-order valence-electron chi connectivity index (χ0n) is 14.8. The molecule has 0 atom stereocenters. The van der Waals surface area contributed by atoms with Crippen LogP contribution in [0.15, 0.2) is 48.7 Å². The topological polar surface area (TPSA) is 51.2 Å². The number of anilines is 1. The fraction of sp³-hybridized carbons (Fsp3) is 0.200. The first-order valence-electron chi connectivity index (χ1n) is 8.38. The first kappa shape index (κ1) is 19.7. The smallest absolute Gasteiger partial charge is 0.261 e. The third-order valence-electron chi connectivity index (χ3n) is 3.63. The third kappa shape index (κ3) is 5.22. The number of thiazole rings is 1. The van der Waals surface area contributed by atoms with Gasteiger partial charge in [-0.2, -0.15) is 0 Å². The zero-order chi connectivity index (χ0) is 19.4. The van der Waals surface area contributed by atoms with Crippen molar-refractivity contribution in [3.8, 4) is 5.75 Å². The number of nitrogens with zero attached hydrogens (tertiary/aromatic N) is 1. The maximum Gasteiger partial charge on any atom is 0.261 e. The number of para-hydroxylation sites is 1. The number of amides is 1. The molecular weight excluding hydrogens is 403 g/mol. The molecule has 0 unspecified atom stereocenters. The number of ether oxygens (including phenoxy) is 1. The van der Waals surface area contributed by atoms with Crippen LogP contribution in [-0.2, 0) is 6.42 Å². The summed E-state index contributed by atoms with van der Waals surface area (Å²) < 4.78 is 5.71. The Morgan fingerprint density at radius 2 is 1.96 bits per heavy atom. The zero-order valence-corrected chi connectivity index (χ0v) is 17.2. The van der Waals surface area contributed by atoms with Crippen LogP contribution in [0.2, 0.25) is 10.0 Å². The highest BCUT2D eigenvalue weighted by atomic mass is 35.5. The highest BCUT2D eigenvalue weighted by Crippen LogP contribution is 2.27. The first-order valence-corrected chi connectivity index (χ1v) is 9.95. The Morgan fingerprint density at radius 1 is 1.19 bits per heavy atom. The molecule has 0 saturated heterocycles. The highest BCUT2D eigenvalue weighted by molar-refractivity contribution is 7.15. The van der Waals surface area contributed by atoms with E-state index in [1.807, 2.05) is 32.0 Å². The molecular formula is C20H18Cl2N2O2S. The second kappa shape index (κ2) is 8.74. The van der Waals surface area contributed by atoms with E-state index in [1.54, 1.807) is 30.5 Å². The van der Waals surface area contributed by atoms with E-state index in [4.69, 9.17) is 27.9 Å². The van der Waals surface area contributed by atoms with Gasteiger partial charge < -0.3 is 4.74 Å². The van der Waals surface area contributed by atoms with Gasteiger partial charge >= 0.3 is 0 Å². The van der Waals surface area contributed by atoms with Gasteiger partial charge in [0.2, 0.25) is 0 Å². The molecule has 3 aromatic rings. The maximum absolute atomic E-state index is 12.6. The van der Waals surface area contributed by atoms with Crippen LogP contribution in [-0.4, -0.2) is 17.0 Å². The molecule has 0 saturated carbocycles. The number of carbonyl (C=O) groups is 1. The van der Waals surface area contributed by atoms with Crippen LogP contribution in [0, 0.1) is 0 Å². The van der Waals surface area contributed by atoms with Gasteiger partial charge in [0.15, 0.2) is 5.13 Å². The van der Waals surface area contributed by atoms with Crippen LogP contribution in [0.25, 0.3) is 0 Å². The normalized spacial score (nSPS) is 10.9. The third-order valence-corrected chi connectivity index (χ3v) is 5.28. The minimum atomic E-state index is -0.248. The lowest BCUT2D eigenvalue weighted by molar-refractivity contribution is 0.102. The van der Waals surface area contributed by atoms with Gasteiger partial charge in [-0.25, -0.2) is 4.98 Å². The molecule has 3 rings (SSSR count). The summed E-state index contributed by atoms with van der Waals surface area (Å²) in [6, 6.07) is 12.7. The largest absolute Gasteiger partial charge is 0.490 e. The number of rotatable bonds is 6. The fourth-order valence-electron chi connectivity index (χ4n) is 2.47. The molecule has 4 nitrogen and oxygen atoms in total. The standard InChI is InChI=1S/C20H18Cl2N2O2S/c1-12(2)26-18-6-4-3-5-15(18)19(25)24-20-23-11-14(27-20)9-13-7-8-16(21)17(22)10-13/h3-8,10-12H,9H2,1-2H3,(H,23,24,25). The van der Waals surface area contributed by atoms with E-state index in [0.29, 0.717) is 32.9 Å². The Balaban J connectivity index is 1.70.